The van der Waals surface area contributed by atoms with Gasteiger partial charge in [-0.15, -0.1) is 0 Å². The Labute approximate surface area is 117 Å². The van der Waals surface area contributed by atoms with Gasteiger partial charge in [-0.25, -0.2) is 0 Å². The molecule has 0 unspecified atom stereocenters. The Kier molecular flexibility index (Phi) is 3.46. The van der Waals surface area contributed by atoms with Crippen molar-refractivity contribution in [1.29, 1.82) is 10.5 Å². The molecule has 0 radical (unpaired) electrons. The predicted octanol–water partition coefficient (Wildman–Crippen LogP) is 2.05. The maximum absolute atomic E-state index is 12.1. The van der Waals surface area contributed by atoms with E-state index in [-0.39, 0.29) is 11.3 Å². The second-order valence-electron chi connectivity index (χ2n) is 3.77. The molecule has 0 aliphatic carbocycles. The lowest BCUT2D eigenvalue weighted by Crippen LogP contribution is -2.26. The van der Waals surface area contributed by atoms with Crippen LogP contribution in [0.15, 0.2) is 33.5 Å². The molecule has 2 rings (SSSR count). The highest BCUT2D eigenvalue weighted by molar-refractivity contribution is 9.10. The molecule has 19 heavy (non-hydrogen) atoms. The summed E-state index contributed by atoms with van der Waals surface area (Å²) >= 11 is 3.29. The highest BCUT2D eigenvalue weighted by Gasteiger charge is 2.14. The van der Waals surface area contributed by atoms with Crippen LogP contribution >= 0.6 is 15.9 Å². The molecule has 0 fully saturated rings. The zero-order valence-electron chi connectivity index (χ0n) is 9.88. The molecule has 0 atom stereocenters. The molecule has 5 nitrogen and oxygen atoms in total. The molecule has 1 heterocycles. The van der Waals surface area contributed by atoms with Crippen LogP contribution in [-0.4, -0.2) is 9.78 Å². The minimum absolute atomic E-state index is 0.0607. The lowest BCUT2D eigenvalue weighted by atomic mass is 10.1. The first kappa shape index (κ1) is 13.0. The Hall–Kier alpha value is -2.44. The lowest BCUT2D eigenvalue weighted by Gasteiger charge is -2.07. The van der Waals surface area contributed by atoms with E-state index in [2.05, 4.69) is 21.0 Å². The Bertz CT molecular complexity index is 779. The number of nitrogens with zero attached hydrogens (tertiary/aromatic N) is 4. The second kappa shape index (κ2) is 5.05. The third-order valence-electron chi connectivity index (χ3n) is 2.63. The summed E-state index contributed by atoms with van der Waals surface area (Å²) in [7, 11) is 0. The molecule has 0 aliphatic rings. The van der Waals surface area contributed by atoms with Crippen LogP contribution in [0.25, 0.3) is 5.69 Å². The first-order chi connectivity index (χ1) is 9.08. The van der Waals surface area contributed by atoms with E-state index < -0.39 is 5.56 Å². The Morgan fingerprint density at radius 2 is 1.84 bits per heavy atom. The van der Waals surface area contributed by atoms with Crippen molar-refractivity contribution in [3.63, 3.8) is 0 Å². The number of rotatable bonds is 1. The molecular weight excluding hydrogens is 308 g/mol. The average Bonchev–Trinajstić information content (AvgIpc) is 2.41. The number of benzene rings is 1. The quantitative estimate of drug-likeness (QED) is 0.806. The summed E-state index contributed by atoms with van der Waals surface area (Å²) in [6, 6.07) is 10.6. The highest BCUT2D eigenvalue weighted by atomic mass is 79.9. The van der Waals surface area contributed by atoms with Gasteiger partial charge in [0.15, 0.2) is 5.69 Å². The zero-order valence-corrected chi connectivity index (χ0v) is 11.5. The SMILES string of the molecule is Cc1c(C#N)nn(-c2ccc(Br)cc2)c(=O)c1C#N. The third-order valence-corrected chi connectivity index (χ3v) is 3.15. The maximum atomic E-state index is 12.1. The molecule has 1 aromatic carbocycles. The normalized spacial score (nSPS) is 9.68. The molecular formula is C13H7BrN4O. The number of aromatic nitrogens is 2. The third kappa shape index (κ3) is 2.26. The van der Waals surface area contributed by atoms with E-state index >= 15 is 0 Å². The van der Waals surface area contributed by atoms with Gasteiger partial charge in [-0.05, 0) is 31.2 Å². The molecule has 2 aromatic rings. The zero-order chi connectivity index (χ0) is 14.0. The van der Waals surface area contributed by atoms with Gasteiger partial charge in [0.05, 0.1) is 5.69 Å². The van der Waals surface area contributed by atoms with Crippen molar-refractivity contribution in [3.05, 3.63) is 55.9 Å². The fraction of sp³-hybridized carbons (Fsp3) is 0.0769. The molecule has 0 amide bonds. The van der Waals surface area contributed by atoms with Crippen molar-refractivity contribution in [2.75, 3.05) is 0 Å². The molecule has 0 bridgehead atoms. The molecule has 6 heteroatoms. The molecule has 0 N–H and O–H groups in total. The van der Waals surface area contributed by atoms with E-state index in [0.29, 0.717) is 11.3 Å². The smallest absolute Gasteiger partial charge is 0.266 e. The average molecular weight is 315 g/mol. The van der Waals surface area contributed by atoms with Gasteiger partial charge in [-0.2, -0.15) is 20.3 Å². The lowest BCUT2D eigenvalue weighted by molar-refractivity contribution is 0.786. The summed E-state index contributed by atoms with van der Waals surface area (Å²) in [5.74, 6) is 0. The van der Waals surface area contributed by atoms with Crippen molar-refractivity contribution in [3.8, 4) is 17.8 Å². The van der Waals surface area contributed by atoms with Crippen LogP contribution in [-0.2, 0) is 0 Å². The topological polar surface area (TPSA) is 82.5 Å². The minimum Gasteiger partial charge on any atom is -0.266 e. The van der Waals surface area contributed by atoms with E-state index in [1.807, 2.05) is 12.1 Å². The van der Waals surface area contributed by atoms with Crippen LogP contribution in [0.2, 0.25) is 0 Å². The Balaban J connectivity index is 2.79. The van der Waals surface area contributed by atoms with Crippen LogP contribution in [0.4, 0.5) is 0 Å². The van der Waals surface area contributed by atoms with Crippen LogP contribution in [0.3, 0.4) is 0 Å². The molecule has 1 aromatic heterocycles. The van der Waals surface area contributed by atoms with Crippen molar-refractivity contribution in [2.45, 2.75) is 6.92 Å². The summed E-state index contributed by atoms with van der Waals surface area (Å²) < 4.78 is 1.92. The highest BCUT2D eigenvalue weighted by Crippen LogP contribution is 2.13. The molecule has 0 aliphatic heterocycles. The number of nitriles is 2. The Morgan fingerprint density at radius 3 is 2.37 bits per heavy atom. The number of hydrogen-bond acceptors (Lipinski definition) is 4. The van der Waals surface area contributed by atoms with Gasteiger partial charge in [-0.1, -0.05) is 15.9 Å². The van der Waals surface area contributed by atoms with Gasteiger partial charge in [0.25, 0.3) is 5.56 Å². The van der Waals surface area contributed by atoms with Gasteiger partial charge in [0.1, 0.15) is 17.7 Å². The first-order valence-corrected chi connectivity index (χ1v) is 6.08. The molecule has 0 saturated carbocycles. The van der Waals surface area contributed by atoms with Gasteiger partial charge in [0.2, 0.25) is 0 Å². The van der Waals surface area contributed by atoms with Gasteiger partial charge < -0.3 is 0 Å². The maximum Gasteiger partial charge on any atom is 0.289 e. The molecule has 0 spiro atoms. The summed E-state index contributed by atoms with van der Waals surface area (Å²) in [4.78, 5) is 12.1. The van der Waals surface area contributed by atoms with E-state index in [1.54, 1.807) is 24.3 Å². The van der Waals surface area contributed by atoms with E-state index in [1.165, 1.54) is 6.92 Å². The van der Waals surface area contributed by atoms with E-state index in [9.17, 15) is 4.79 Å². The van der Waals surface area contributed by atoms with Crippen molar-refractivity contribution >= 4 is 15.9 Å². The summed E-state index contributed by atoms with van der Waals surface area (Å²) in [6.45, 7) is 1.54. The van der Waals surface area contributed by atoms with Crippen LogP contribution in [0, 0.1) is 29.6 Å². The number of hydrogen-bond donors (Lipinski definition) is 0. The van der Waals surface area contributed by atoms with Crippen molar-refractivity contribution in [2.24, 2.45) is 0 Å². The van der Waals surface area contributed by atoms with Crippen LogP contribution in [0.1, 0.15) is 16.8 Å². The number of halogens is 1. The predicted molar refractivity (Wildman–Crippen MR) is 71.7 cm³/mol. The van der Waals surface area contributed by atoms with Gasteiger partial charge in [0, 0.05) is 10.0 Å². The fourth-order valence-corrected chi connectivity index (χ4v) is 1.86. The second-order valence-corrected chi connectivity index (χ2v) is 4.68. The van der Waals surface area contributed by atoms with Crippen LogP contribution < -0.4 is 5.56 Å². The Morgan fingerprint density at radius 1 is 1.21 bits per heavy atom. The monoisotopic (exact) mass is 314 g/mol. The minimum atomic E-state index is -0.527. The fourth-order valence-electron chi connectivity index (χ4n) is 1.60. The van der Waals surface area contributed by atoms with Crippen molar-refractivity contribution < 1.29 is 0 Å². The largest absolute Gasteiger partial charge is 0.289 e. The van der Waals surface area contributed by atoms with Gasteiger partial charge >= 0.3 is 0 Å². The summed E-state index contributed by atoms with van der Waals surface area (Å²) in [6.07, 6.45) is 0. The van der Waals surface area contributed by atoms with E-state index in [4.69, 9.17) is 10.5 Å². The van der Waals surface area contributed by atoms with Crippen LogP contribution in [0.5, 0.6) is 0 Å². The summed E-state index contributed by atoms with van der Waals surface area (Å²) in [5, 5.41) is 22.0. The molecule has 92 valence electrons. The standard InChI is InChI=1S/C13H7BrN4O/c1-8-11(6-15)13(19)18(17-12(8)7-16)10-4-2-9(14)3-5-10/h2-5H,1H3. The summed E-state index contributed by atoms with van der Waals surface area (Å²) in [5.41, 5.74) is 0.291. The van der Waals surface area contributed by atoms with E-state index in [0.717, 1.165) is 9.15 Å². The van der Waals surface area contributed by atoms with Gasteiger partial charge in [-0.3, -0.25) is 4.79 Å². The molecule has 0 saturated heterocycles. The van der Waals surface area contributed by atoms with Crippen molar-refractivity contribution in [1.82, 2.24) is 9.78 Å². The first-order valence-electron chi connectivity index (χ1n) is 5.28.